The molecule has 0 bridgehead atoms. The van der Waals surface area contributed by atoms with E-state index in [1.165, 1.54) is 5.56 Å². The van der Waals surface area contributed by atoms with E-state index in [4.69, 9.17) is 4.18 Å². The molecule has 0 saturated carbocycles. The van der Waals surface area contributed by atoms with Crippen LogP contribution in [0.3, 0.4) is 0 Å². The fraction of sp³-hybridized carbons (Fsp3) is 0.400. The summed E-state index contributed by atoms with van der Waals surface area (Å²) in [6.07, 6.45) is 0. The molecular weight excluding hydrogens is 184 g/mol. The number of thiol groups is 1. The van der Waals surface area contributed by atoms with Crippen LogP contribution < -0.4 is 4.18 Å². The summed E-state index contributed by atoms with van der Waals surface area (Å²) in [6, 6.07) is 7.62. The van der Waals surface area contributed by atoms with Gasteiger partial charge in [0.15, 0.2) is 11.9 Å². The van der Waals surface area contributed by atoms with Gasteiger partial charge in [0.1, 0.15) is 5.75 Å². The minimum absolute atomic E-state index is 0.147. The average Bonchev–Trinajstić information content (AvgIpc) is 2.04. The fourth-order valence-electron chi connectivity index (χ4n) is 1.06. The standard InChI is InChI=1S/C10H14O2S/c1-10(2,3)8-4-6-9(7-5-8)12-13-11/h4-7,13H,1-3H3. The first-order valence-electron chi connectivity index (χ1n) is 4.14. The highest BCUT2D eigenvalue weighted by atomic mass is 32.2. The zero-order chi connectivity index (χ0) is 9.90. The highest BCUT2D eigenvalue weighted by Gasteiger charge is 2.12. The van der Waals surface area contributed by atoms with Crippen molar-refractivity contribution in [3.8, 4) is 5.75 Å². The first-order valence-corrected chi connectivity index (χ1v) is 4.87. The molecule has 0 heterocycles. The molecule has 0 aliphatic rings. The molecule has 1 aromatic carbocycles. The third kappa shape index (κ3) is 2.84. The van der Waals surface area contributed by atoms with E-state index in [1.54, 1.807) is 0 Å². The van der Waals surface area contributed by atoms with E-state index < -0.39 is 0 Å². The lowest BCUT2D eigenvalue weighted by atomic mass is 9.87. The SMILES string of the molecule is CC(C)(C)c1ccc(O[SH]=O)cc1. The molecule has 0 saturated heterocycles. The van der Waals surface area contributed by atoms with Gasteiger partial charge in [-0.2, -0.15) is 0 Å². The van der Waals surface area contributed by atoms with Crippen LogP contribution in [0.2, 0.25) is 0 Å². The number of hydrogen-bond donors (Lipinski definition) is 1. The zero-order valence-corrected chi connectivity index (χ0v) is 8.97. The molecule has 0 spiro atoms. The third-order valence-corrected chi connectivity index (χ3v) is 2.15. The predicted molar refractivity (Wildman–Crippen MR) is 55.3 cm³/mol. The Labute approximate surface area is 82.6 Å². The van der Waals surface area contributed by atoms with E-state index in [0.717, 1.165) is 0 Å². The maximum Gasteiger partial charge on any atom is 0.193 e. The Bertz CT molecular complexity index is 285. The summed E-state index contributed by atoms with van der Waals surface area (Å²) in [5.41, 5.74) is 1.38. The van der Waals surface area contributed by atoms with Crippen molar-refractivity contribution in [3.63, 3.8) is 0 Å². The fourth-order valence-corrected chi connectivity index (χ4v) is 1.27. The molecule has 0 fully saturated rings. The Morgan fingerprint density at radius 2 is 1.69 bits per heavy atom. The lowest BCUT2D eigenvalue weighted by Gasteiger charge is -2.18. The van der Waals surface area contributed by atoms with Crippen molar-refractivity contribution in [3.05, 3.63) is 29.8 Å². The smallest absolute Gasteiger partial charge is 0.193 e. The van der Waals surface area contributed by atoms with Crippen molar-refractivity contribution in [2.45, 2.75) is 26.2 Å². The topological polar surface area (TPSA) is 26.3 Å². The van der Waals surface area contributed by atoms with Crippen LogP contribution in [0.15, 0.2) is 24.3 Å². The number of rotatable bonds is 2. The van der Waals surface area contributed by atoms with Gasteiger partial charge >= 0.3 is 0 Å². The second-order valence-corrected chi connectivity index (χ2v) is 4.27. The minimum Gasteiger partial charge on any atom is -0.403 e. The largest absolute Gasteiger partial charge is 0.403 e. The van der Waals surface area contributed by atoms with Gasteiger partial charge in [0.25, 0.3) is 0 Å². The predicted octanol–water partition coefficient (Wildman–Crippen LogP) is 2.22. The molecule has 1 aromatic rings. The molecule has 3 heteroatoms. The molecule has 0 aliphatic heterocycles. The second kappa shape index (κ2) is 3.92. The Morgan fingerprint density at radius 3 is 2.08 bits per heavy atom. The van der Waals surface area contributed by atoms with Crippen molar-refractivity contribution in [2.24, 2.45) is 0 Å². The van der Waals surface area contributed by atoms with Crippen LogP contribution in [0.4, 0.5) is 0 Å². The van der Waals surface area contributed by atoms with Crippen molar-refractivity contribution in [1.29, 1.82) is 0 Å². The monoisotopic (exact) mass is 198 g/mol. The summed E-state index contributed by atoms with van der Waals surface area (Å²) in [7, 11) is 0. The van der Waals surface area contributed by atoms with Gasteiger partial charge in [0.05, 0.1) is 0 Å². The summed E-state index contributed by atoms with van der Waals surface area (Å²) in [4.78, 5) is 0. The van der Waals surface area contributed by atoms with Crippen molar-refractivity contribution in [1.82, 2.24) is 0 Å². The summed E-state index contributed by atoms with van der Waals surface area (Å²) >= 11 is -0.307. The summed E-state index contributed by atoms with van der Waals surface area (Å²) < 4.78 is 14.9. The molecule has 0 atom stereocenters. The van der Waals surface area contributed by atoms with Gasteiger partial charge < -0.3 is 4.18 Å². The van der Waals surface area contributed by atoms with Crippen molar-refractivity contribution >= 4 is 11.9 Å². The van der Waals surface area contributed by atoms with Gasteiger partial charge in [-0.15, -0.1) is 0 Å². The van der Waals surface area contributed by atoms with Gasteiger partial charge in [-0.1, -0.05) is 32.9 Å². The molecule has 1 rings (SSSR count). The molecule has 2 nitrogen and oxygen atoms in total. The van der Waals surface area contributed by atoms with Crippen LogP contribution in [-0.2, 0) is 17.4 Å². The third-order valence-electron chi connectivity index (χ3n) is 1.86. The Morgan fingerprint density at radius 1 is 1.15 bits per heavy atom. The van der Waals surface area contributed by atoms with E-state index in [1.807, 2.05) is 24.3 Å². The number of hydrogen-bond acceptors (Lipinski definition) is 2. The van der Waals surface area contributed by atoms with E-state index in [2.05, 4.69) is 20.8 Å². The molecule has 0 radical (unpaired) electrons. The van der Waals surface area contributed by atoms with Gasteiger partial charge in [0, 0.05) is 0 Å². The maximum absolute atomic E-state index is 10.1. The summed E-state index contributed by atoms with van der Waals surface area (Å²) in [5.74, 6) is 0.629. The Kier molecular flexibility index (Phi) is 3.09. The first-order chi connectivity index (χ1) is 6.04. The van der Waals surface area contributed by atoms with Crippen LogP contribution in [0.25, 0.3) is 0 Å². The van der Waals surface area contributed by atoms with Crippen LogP contribution in [0, 0.1) is 0 Å². The van der Waals surface area contributed by atoms with Crippen LogP contribution in [-0.4, -0.2) is 4.21 Å². The molecule has 0 aromatic heterocycles. The van der Waals surface area contributed by atoms with Crippen LogP contribution in [0.1, 0.15) is 26.3 Å². The lowest BCUT2D eigenvalue weighted by molar-refractivity contribution is 0.574. The molecule has 0 amide bonds. The highest BCUT2D eigenvalue weighted by molar-refractivity contribution is 7.60. The average molecular weight is 198 g/mol. The number of benzene rings is 1. The first kappa shape index (κ1) is 10.3. The second-order valence-electron chi connectivity index (χ2n) is 3.94. The molecular formula is C10H14O2S. The van der Waals surface area contributed by atoms with E-state index in [9.17, 15) is 4.21 Å². The summed E-state index contributed by atoms with van der Waals surface area (Å²) in [6.45, 7) is 6.44. The maximum atomic E-state index is 10.1. The molecule has 13 heavy (non-hydrogen) atoms. The highest BCUT2D eigenvalue weighted by Crippen LogP contribution is 2.23. The Hall–Kier alpha value is -0.830. The van der Waals surface area contributed by atoms with E-state index in [-0.39, 0.29) is 17.4 Å². The van der Waals surface area contributed by atoms with Gasteiger partial charge in [-0.3, -0.25) is 0 Å². The zero-order valence-electron chi connectivity index (χ0n) is 8.07. The molecule has 72 valence electrons. The molecule has 0 unspecified atom stereocenters. The van der Waals surface area contributed by atoms with Crippen molar-refractivity contribution < 1.29 is 8.39 Å². The van der Waals surface area contributed by atoms with E-state index in [0.29, 0.717) is 5.75 Å². The molecule has 0 aliphatic carbocycles. The normalized spacial score (nSPS) is 11.3. The van der Waals surface area contributed by atoms with Gasteiger partial charge in [0.2, 0.25) is 0 Å². The van der Waals surface area contributed by atoms with Crippen molar-refractivity contribution in [2.75, 3.05) is 0 Å². The van der Waals surface area contributed by atoms with Gasteiger partial charge in [-0.25, -0.2) is 4.21 Å². The van der Waals surface area contributed by atoms with Gasteiger partial charge in [-0.05, 0) is 23.1 Å². The lowest BCUT2D eigenvalue weighted by Crippen LogP contribution is -2.10. The Balaban J connectivity index is 2.87. The minimum atomic E-state index is -0.307. The van der Waals surface area contributed by atoms with E-state index >= 15 is 0 Å². The van der Waals surface area contributed by atoms with Crippen LogP contribution in [0.5, 0.6) is 5.75 Å². The summed E-state index contributed by atoms with van der Waals surface area (Å²) in [5, 5.41) is 0. The van der Waals surface area contributed by atoms with Crippen LogP contribution >= 0.6 is 0 Å². The molecule has 0 N–H and O–H groups in total. The quantitative estimate of drug-likeness (QED) is 0.737.